The molecule has 0 spiro atoms. The molecule has 0 radical (unpaired) electrons. The third-order valence-electron chi connectivity index (χ3n) is 2.13. The molecule has 1 aliphatic heterocycles. The predicted molar refractivity (Wildman–Crippen MR) is 52.0 cm³/mol. The number of esters is 1. The van der Waals surface area contributed by atoms with Crippen LogP contribution in [0.2, 0.25) is 0 Å². The number of amides is 1. The summed E-state index contributed by atoms with van der Waals surface area (Å²) in [5.41, 5.74) is 1.33. The first kappa shape index (κ1) is 9.51. The topological polar surface area (TPSA) is 75.6 Å². The second-order valence-corrected chi connectivity index (χ2v) is 3.23. The number of benzene rings is 1. The molecule has 1 heterocycles. The molecule has 1 aromatic carbocycles. The summed E-state index contributed by atoms with van der Waals surface area (Å²) in [6.45, 7) is 0. The van der Waals surface area contributed by atoms with E-state index in [9.17, 15) is 9.59 Å². The van der Waals surface area contributed by atoms with Gasteiger partial charge in [-0.05, 0) is 30.2 Å². The van der Waals surface area contributed by atoms with Crippen LogP contribution in [-0.4, -0.2) is 17.2 Å². The summed E-state index contributed by atoms with van der Waals surface area (Å²) in [6.07, 6.45) is -0.185. The average Bonchev–Trinajstić information content (AvgIpc) is 2.17. The lowest BCUT2D eigenvalue weighted by atomic mass is 10.1. The van der Waals surface area contributed by atoms with Crippen molar-refractivity contribution >= 4 is 17.7 Å². The molecule has 0 saturated carbocycles. The second kappa shape index (κ2) is 3.61. The van der Waals surface area contributed by atoms with Crippen molar-refractivity contribution in [3.05, 3.63) is 23.8 Å². The number of rotatable bonds is 1. The van der Waals surface area contributed by atoms with Crippen LogP contribution in [0.5, 0.6) is 5.75 Å². The number of ether oxygens (including phenoxy) is 1. The summed E-state index contributed by atoms with van der Waals surface area (Å²) in [4.78, 5) is 21.3. The zero-order chi connectivity index (χ0) is 10.8. The Kier molecular flexibility index (Phi) is 2.29. The van der Waals surface area contributed by atoms with E-state index in [0.29, 0.717) is 24.3 Å². The Balaban J connectivity index is 2.26. The quantitative estimate of drug-likeness (QED) is 0.542. The van der Waals surface area contributed by atoms with Crippen LogP contribution in [0.15, 0.2) is 18.2 Å². The second-order valence-electron chi connectivity index (χ2n) is 3.23. The van der Waals surface area contributed by atoms with Crippen molar-refractivity contribution in [3.63, 3.8) is 0 Å². The fourth-order valence-corrected chi connectivity index (χ4v) is 1.49. The van der Waals surface area contributed by atoms with Gasteiger partial charge in [0, 0.05) is 5.69 Å². The van der Waals surface area contributed by atoms with Crippen LogP contribution in [0.4, 0.5) is 10.5 Å². The van der Waals surface area contributed by atoms with Crippen LogP contribution in [0.25, 0.3) is 0 Å². The molecule has 5 heteroatoms. The monoisotopic (exact) mass is 207 g/mol. The number of aryl methyl sites for hydroxylation is 1. The smallest absolute Gasteiger partial charge is 0.409 e. The Labute approximate surface area is 85.7 Å². The molecule has 0 aromatic heterocycles. The normalized spacial score (nSPS) is 14.0. The van der Waals surface area contributed by atoms with Crippen LogP contribution in [-0.2, 0) is 11.2 Å². The number of carboxylic acid groups (broad SMARTS) is 1. The zero-order valence-corrected chi connectivity index (χ0v) is 7.82. The van der Waals surface area contributed by atoms with E-state index in [2.05, 4.69) is 5.32 Å². The van der Waals surface area contributed by atoms with E-state index < -0.39 is 6.09 Å². The molecule has 0 bridgehead atoms. The van der Waals surface area contributed by atoms with Crippen LogP contribution in [0.3, 0.4) is 0 Å². The lowest BCUT2D eigenvalue weighted by Gasteiger charge is -2.15. The summed E-state index contributed by atoms with van der Waals surface area (Å²) in [6, 6.07) is 4.83. The van der Waals surface area contributed by atoms with Gasteiger partial charge in [0.2, 0.25) is 0 Å². The van der Waals surface area contributed by atoms with Gasteiger partial charge in [-0.3, -0.25) is 10.1 Å². The molecule has 0 unspecified atom stereocenters. The van der Waals surface area contributed by atoms with Gasteiger partial charge in [0.05, 0.1) is 6.42 Å². The summed E-state index contributed by atoms with van der Waals surface area (Å²) < 4.78 is 4.98. The predicted octanol–water partition coefficient (Wildman–Crippen LogP) is 1.63. The maximum Gasteiger partial charge on any atom is 0.409 e. The first-order valence-corrected chi connectivity index (χ1v) is 4.49. The number of hydrogen-bond acceptors (Lipinski definition) is 3. The van der Waals surface area contributed by atoms with E-state index in [1.54, 1.807) is 18.2 Å². The number of carbonyl (C=O) groups excluding carboxylic acids is 1. The molecule has 2 rings (SSSR count). The number of hydrogen-bond donors (Lipinski definition) is 2. The minimum atomic E-state index is -1.11. The van der Waals surface area contributed by atoms with Gasteiger partial charge in [-0.15, -0.1) is 0 Å². The molecule has 0 saturated heterocycles. The Morgan fingerprint density at radius 2 is 2.20 bits per heavy atom. The van der Waals surface area contributed by atoms with Crippen molar-refractivity contribution < 1.29 is 19.4 Å². The number of anilines is 1. The van der Waals surface area contributed by atoms with E-state index in [4.69, 9.17) is 9.84 Å². The lowest BCUT2D eigenvalue weighted by Crippen LogP contribution is -2.16. The van der Waals surface area contributed by atoms with Gasteiger partial charge < -0.3 is 9.84 Å². The van der Waals surface area contributed by atoms with E-state index >= 15 is 0 Å². The third-order valence-corrected chi connectivity index (χ3v) is 2.13. The van der Waals surface area contributed by atoms with Crippen LogP contribution in [0.1, 0.15) is 12.0 Å². The fraction of sp³-hybridized carbons (Fsp3) is 0.200. The van der Waals surface area contributed by atoms with Gasteiger partial charge >= 0.3 is 12.1 Å². The highest BCUT2D eigenvalue weighted by Gasteiger charge is 2.17. The minimum Gasteiger partial charge on any atom is -0.465 e. The van der Waals surface area contributed by atoms with Crippen molar-refractivity contribution in [2.45, 2.75) is 12.8 Å². The van der Waals surface area contributed by atoms with Gasteiger partial charge in [-0.2, -0.15) is 0 Å². The number of fused-ring (bicyclic) bond motifs is 1. The van der Waals surface area contributed by atoms with Crippen LogP contribution in [0, 0.1) is 0 Å². The Morgan fingerprint density at radius 3 is 2.93 bits per heavy atom. The molecule has 1 amide bonds. The summed E-state index contributed by atoms with van der Waals surface area (Å²) in [5.74, 6) is 0.267. The van der Waals surface area contributed by atoms with Gasteiger partial charge in [-0.1, -0.05) is 0 Å². The first-order chi connectivity index (χ1) is 7.15. The SMILES string of the molecule is O=C(O)Nc1ccc2c(c1)CCC(=O)O2. The highest BCUT2D eigenvalue weighted by Crippen LogP contribution is 2.27. The zero-order valence-electron chi connectivity index (χ0n) is 7.82. The van der Waals surface area contributed by atoms with Crippen LogP contribution >= 0.6 is 0 Å². The van der Waals surface area contributed by atoms with Gasteiger partial charge in [0.15, 0.2) is 0 Å². The molecule has 78 valence electrons. The molecular weight excluding hydrogens is 198 g/mol. The van der Waals surface area contributed by atoms with E-state index in [1.807, 2.05) is 0 Å². The van der Waals surface area contributed by atoms with E-state index in [1.165, 1.54) is 0 Å². The Hall–Kier alpha value is -2.04. The molecular formula is C10H9NO4. The molecule has 1 aliphatic rings. The molecule has 0 atom stereocenters. The average molecular weight is 207 g/mol. The van der Waals surface area contributed by atoms with Gasteiger partial charge in [0.25, 0.3) is 0 Å². The number of nitrogens with one attached hydrogen (secondary N) is 1. The summed E-state index contributed by atoms with van der Waals surface area (Å²) in [7, 11) is 0. The maximum absolute atomic E-state index is 11.0. The maximum atomic E-state index is 11.0. The largest absolute Gasteiger partial charge is 0.465 e. The van der Waals surface area contributed by atoms with Crippen molar-refractivity contribution in [2.24, 2.45) is 0 Å². The molecule has 2 N–H and O–H groups in total. The first-order valence-electron chi connectivity index (χ1n) is 4.49. The van der Waals surface area contributed by atoms with Crippen molar-refractivity contribution in [1.29, 1.82) is 0 Å². The van der Waals surface area contributed by atoms with E-state index in [0.717, 1.165) is 5.56 Å². The summed E-state index contributed by atoms with van der Waals surface area (Å²) >= 11 is 0. The highest BCUT2D eigenvalue weighted by atomic mass is 16.5. The van der Waals surface area contributed by atoms with E-state index in [-0.39, 0.29) is 5.97 Å². The Bertz CT molecular complexity index is 427. The minimum absolute atomic E-state index is 0.249. The Morgan fingerprint density at radius 1 is 1.40 bits per heavy atom. The van der Waals surface area contributed by atoms with Crippen molar-refractivity contribution in [1.82, 2.24) is 0 Å². The van der Waals surface area contributed by atoms with Crippen molar-refractivity contribution in [3.8, 4) is 5.75 Å². The molecule has 5 nitrogen and oxygen atoms in total. The molecule has 0 aliphatic carbocycles. The summed E-state index contributed by atoms with van der Waals surface area (Å²) in [5, 5.41) is 10.8. The number of carbonyl (C=O) groups is 2. The molecule has 15 heavy (non-hydrogen) atoms. The van der Waals surface area contributed by atoms with Gasteiger partial charge in [-0.25, -0.2) is 4.79 Å². The standard InChI is InChI=1S/C10H9NO4/c12-9-4-1-6-5-7(11-10(13)14)2-3-8(6)15-9/h2-3,5,11H,1,4H2,(H,13,14). The molecule has 0 fully saturated rings. The fourth-order valence-electron chi connectivity index (χ4n) is 1.49. The van der Waals surface area contributed by atoms with Crippen molar-refractivity contribution in [2.75, 3.05) is 5.32 Å². The highest BCUT2D eigenvalue weighted by molar-refractivity contribution is 5.83. The lowest BCUT2D eigenvalue weighted by molar-refractivity contribution is -0.135. The third kappa shape index (κ3) is 2.07. The molecule has 1 aromatic rings. The van der Waals surface area contributed by atoms with Gasteiger partial charge in [0.1, 0.15) is 5.75 Å². The van der Waals surface area contributed by atoms with Crippen LogP contribution < -0.4 is 10.1 Å².